The van der Waals surface area contributed by atoms with Crippen LogP contribution in [0.2, 0.25) is 0 Å². The zero-order valence-electron chi connectivity index (χ0n) is 17.2. The first kappa shape index (κ1) is 20.3. The van der Waals surface area contributed by atoms with E-state index < -0.39 is 0 Å². The molecular formula is C24H21FN4O2. The molecule has 0 unspecified atom stereocenters. The summed E-state index contributed by atoms with van der Waals surface area (Å²) in [5.41, 5.74) is 3.99. The number of fused-ring (bicyclic) bond motifs is 1. The summed E-state index contributed by atoms with van der Waals surface area (Å²) in [6.45, 7) is 2.11. The number of nitrogens with zero attached hydrogens (tertiary/aromatic N) is 3. The number of rotatable bonds is 7. The number of hydrogen-bond acceptors (Lipinski definition) is 6. The lowest BCUT2D eigenvalue weighted by atomic mass is 10.1. The molecule has 31 heavy (non-hydrogen) atoms. The molecule has 4 aromatic rings. The van der Waals surface area contributed by atoms with Crippen molar-refractivity contribution in [1.29, 1.82) is 0 Å². The van der Waals surface area contributed by atoms with Crippen LogP contribution in [0.4, 0.5) is 15.9 Å². The highest BCUT2D eigenvalue weighted by Gasteiger charge is 2.10. The second kappa shape index (κ2) is 9.21. The van der Waals surface area contributed by atoms with E-state index in [1.165, 1.54) is 18.5 Å². The molecule has 0 atom stereocenters. The number of nitrogens with one attached hydrogen (secondary N) is 1. The number of aromatic nitrogens is 2. The molecule has 0 aliphatic rings. The topological polar surface area (TPSA) is 68.6 Å². The number of anilines is 2. The Bertz CT molecular complexity index is 1220. The van der Waals surface area contributed by atoms with Crippen LogP contribution in [-0.4, -0.2) is 22.8 Å². The third-order valence-corrected chi connectivity index (χ3v) is 4.76. The quantitative estimate of drug-likeness (QED) is 0.320. The van der Waals surface area contributed by atoms with Gasteiger partial charge in [0.05, 0.1) is 24.0 Å². The summed E-state index contributed by atoms with van der Waals surface area (Å²) >= 11 is 0. The van der Waals surface area contributed by atoms with Gasteiger partial charge in [0.25, 0.3) is 0 Å². The van der Waals surface area contributed by atoms with Gasteiger partial charge in [-0.2, -0.15) is 0 Å². The molecule has 7 heteroatoms. The monoisotopic (exact) mass is 416 g/mol. The Morgan fingerprint density at radius 2 is 1.84 bits per heavy atom. The number of para-hydroxylation sites is 1. The maximum atomic E-state index is 13.0. The van der Waals surface area contributed by atoms with Gasteiger partial charge in [-0.15, -0.1) is 0 Å². The average Bonchev–Trinajstić information content (AvgIpc) is 2.80. The van der Waals surface area contributed by atoms with Crippen LogP contribution in [0, 0.1) is 5.82 Å². The van der Waals surface area contributed by atoms with E-state index in [4.69, 9.17) is 9.57 Å². The molecule has 4 rings (SSSR count). The molecule has 0 radical (unpaired) electrons. The Hall–Kier alpha value is -4.00. The molecule has 156 valence electrons. The largest absolute Gasteiger partial charge is 0.495 e. The van der Waals surface area contributed by atoms with Crippen molar-refractivity contribution in [1.82, 2.24) is 9.97 Å². The van der Waals surface area contributed by atoms with E-state index in [0.717, 1.165) is 27.7 Å². The van der Waals surface area contributed by atoms with Crippen molar-refractivity contribution < 1.29 is 14.0 Å². The van der Waals surface area contributed by atoms with Crippen LogP contribution in [0.1, 0.15) is 18.1 Å². The fourth-order valence-electron chi connectivity index (χ4n) is 3.10. The van der Waals surface area contributed by atoms with Crippen LogP contribution in [0.5, 0.6) is 5.75 Å². The Morgan fingerprint density at radius 3 is 2.65 bits per heavy atom. The zero-order valence-corrected chi connectivity index (χ0v) is 17.2. The first-order valence-corrected chi connectivity index (χ1v) is 9.70. The Kier molecular flexibility index (Phi) is 6.03. The van der Waals surface area contributed by atoms with Gasteiger partial charge in [-0.25, -0.2) is 14.4 Å². The number of halogens is 1. The molecule has 0 bridgehead atoms. The van der Waals surface area contributed by atoms with E-state index in [1.807, 2.05) is 49.4 Å². The highest BCUT2D eigenvalue weighted by atomic mass is 19.1. The van der Waals surface area contributed by atoms with Gasteiger partial charge < -0.3 is 14.9 Å². The molecule has 1 heterocycles. The van der Waals surface area contributed by atoms with Crippen LogP contribution in [0.3, 0.4) is 0 Å². The summed E-state index contributed by atoms with van der Waals surface area (Å²) in [5, 5.41) is 8.44. The van der Waals surface area contributed by atoms with Crippen molar-refractivity contribution in [2.75, 3.05) is 12.4 Å². The summed E-state index contributed by atoms with van der Waals surface area (Å²) in [5.74, 6) is 1.08. The molecule has 3 aromatic carbocycles. The lowest BCUT2D eigenvalue weighted by molar-refractivity contribution is 0.130. The average molecular weight is 416 g/mol. The van der Waals surface area contributed by atoms with E-state index in [0.29, 0.717) is 17.3 Å². The molecule has 1 N–H and O–H groups in total. The van der Waals surface area contributed by atoms with Crippen LogP contribution < -0.4 is 10.1 Å². The second-order valence-corrected chi connectivity index (χ2v) is 6.86. The summed E-state index contributed by atoms with van der Waals surface area (Å²) in [6, 6.07) is 19.6. The Morgan fingerprint density at radius 1 is 1.03 bits per heavy atom. The van der Waals surface area contributed by atoms with Gasteiger partial charge in [0.15, 0.2) is 0 Å². The standard InChI is InChI=1S/C24H21FN4O2/c1-16(29-31-14-17-7-10-19(25)11-8-17)18-9-12-23(30-2)22(13-18)28-24-20-5-3-4-6-21(20)26-15-27-24/h3-13,15H,14H2,1-2H3,(H,26,27,28). The minimum atomic E-state index is -0.279. The normalized spacial score (nSPS) is 11.4. The highest BCUT2D eigenvalue weighted by molar-refractivity contribution is 6.00. The fourth-order valence-corrected chi connectivity index (χ4v) is 3.10. The smallest absolute Gasteiger partial charge is 0.142 e. The summed E-state index contributed by atoms with van der Waals surface area (Å²) in [6.07, 6.45) is 1.52. The lowest BCUT2D eigenvalue weighted by Gasteiger charge is -2.13. The molecule has 1 aromatic heterocycles. The highest BCUT2D eigenvalue weighted by Crippen LogP contribution is 2.30. The van der Waals surface area contributed by atoms with Crippen molar-refractivity contribution in [3.05, 3.63) is 90.0 Å². The van der Waals surface area contributed by atoms with Crippen molar-refractivity contribution in [2.45, 2.75) is 13.5 Å². The number of ether oxygens (including phenoxy) is 1. The summed E-state index contributed by atoms with van der Waals surface area (Å²) in [7, 11) is 1.62. The molecule has 0 saturated heterocycles. The molecule has 0 spiro atoms. The van der Waals surface area contributed by atoms with Crippen molar-refractivity contribution in [3.8, 4) is 5.75 Å². The van der Waals surface area contributed by atoms with Gasteiger partial charge >= 0.3 is 0 Å². The van der Waals surface area contributed by atoms with Gasteiger partial charge in [0.1, 0.15) is 30.3 Å². The third-order valence-electron chi connectivity index (χ3n) is 4.76. The number of methoxy groups -OCH3 is 1. The van der Waals surface area contributed by atoms with E-state index >= 15 is 0 Å². The fraction of sp³-hybridized carbons (Fsp3) is 0.125. The molecule has 6 nitrogen and oxygen atoms in total. The Balaban J connectivity index is 1.55. The van der Waals surface area contributed by atoms with E-state index in [1.54, 1.807) is 19.2 Å². The number of benzene rings is 3. The minimum Gasteiger partial charge on any atom is -0.495 e. The Labute approximate surface area is 179 Å². The minimum absolute atomic E-state index is 0.256. The lowest BCUT2D eigenvalue weighted by Crippen LogP contribution is -2.02. The SMILES string of the molecule is COc1ccc(C(C)=NOCc2ccc(F)cc2)cc1Nc1ncnc2ccccc12. The van der Waals surface area contributed by atoms with E-state index in [-0.39, 0.29) is 12.4 Å². The molecule has 0 aliphatic heterocycles. The van der Waals surface area contributed by atoms with Gasteiger partial charge in [0.2, 0.25) is 0 Å². The predicted molar refractivity (Wildman–Crippen MR) is 119 cm³/mol. The first-order chi connectivity index (χ1) is 15.1. The molecule has 0 saturated carbocycles. The van der Waals surface area contributed by atoms with Crippen LogP contribution in [0.15, 0.2) is 78.2 Å². The van der Waals surface area contributed by atoms with Crippen molar-refractivity contribution in [2.24, 2.45) is 5.16 Å². The van der Waals surface area contributed by atoms with Crippen LogP contribution in [0.25, 0.3) is 10.9 Å². The molecule has 0 aliphatic carbocycles. The third kappa shape index (κ3) is 4.78. The molecule has 0 amide bonds. The maximum Gasteiger partial charge on any atom is 0.142 e. The maximum absolute atomic E-state index is 13.0. The van der Waals surface area contributed by atoms with E-state index in [2.05, 4.69) is 20.4 Å². The summed E-state index contributed by atoms with van der Waals surface area (Å²) in [4.78, 5) is 14.1. The van der Waals surface area contributed by atoms with Gasteiger partial charge in [0, 0.05) is 10.9 Å². The van der Waals surface area contributed by atoms with Crippen molar-refractivity contribution >= 4 is 28.1 Å². The van der Waals surface area contributed by atoms with Crippen LogP contribution in [-0.2, 0) is 11.4 Å². The van der Waals surface area contributed by atoms with E-state index in [9.17, 15) is 4.39 Å². The number of oxime groups is 1. The first-order valence-electron chi connectivity index (χ1n) is 9.70. The zero-order chi connectivity index (χ0) is 21.6. The van der Waals surface area contributed by atoms with Gasteiger partial charge in [-0.05, 0) is 55.0 Å². The molecular weight excluding hydrogens is 395 g/mol. The van der Waals surface area contributed by atoms with Gasteiger partial charge in [-0.1, -0.05) is 29.4 Å². The number of hydrogen-bond donors (Lipinski definition) is 1. The van der Waals surface area contributed by atoms with Gasteiger partial charge in [-0.3, -0.25) is 0 Å². The predicted octanol–water partition coefficient (Wildman–Crippen LogP) is 5.46. The summed E-state index contributed by atoms with van der Waals surface area (Å²) < 4.78 is 18.5. The van der Waals surface area contributed by atoms with Crippen molar-refractivity contribution in [3.63, 3.8) is 0 Å². The van der Waals surface area contributed by atoms with Crippen LogP contribution >= 0.6 is 0 Å². The molecule has 0 fully saturated rings. The second-order valence-electron chi connectivity index (χ2n) is 6.86.